The molecule has 0 radical (unpaired) electrons. The van der Waals surface area contributed by atoms with Crippen LogP contribution in [0.15, 0.2) is 30.5 Å². The van der Waals surface area contributed by atoms with E-state index in [-0.39, 0.29) is 12.5 Å². The molecule has 5 heteroatoms. The summed E-state index contributed by atoms with van der Waals surface area (Å²) in [5.41, 5.74) is 8.01. The third-order valence-electron chi connectivity index (χ3n) is 4.34. The van der Waals surface area contributed by atoms with Gasteiger partial charge in [-0.1, -0.05) is 6.07 Å². The first-order chi connectivity index (χ1) is 10.7. The Hall–Kier alpha value is -1.85. The fourth-order valence-electron chi connectivity index (χ4n) is 3.15. The molecule has 0 aliphatic carbocycles. The monoisotopic (exact) mass is 301 g/mol. The van der Waals surface area contributed by atoms with Crippen LogP contribution in [0, 0.1) is 5.92 Å². The minimum atomic E-state index is 0.00834. The second kappa shape index (κ2) is 6.50. The molecular weight excluding hydrogens is 278 g/mol. The molecule has 1 amide bonds. The number of fused-ring (bicyclic) bond motifs is 1. The average molecular weight is 301 g/mol. The Labute approximate surface area is 130 Å². The Morgan fingerprint density at radius 1 is 1.41 bits per heavy atom. The van der Waals surface area contributed by atoms with Crippen LogP contribution in [0.25, 0.3) is 10.9 Å². The molecule has 2 heterocycles. The summed E-state index contributed by atoms with van der Waals surface area (Å²) in [4.78, 5) is 13.7. The number of aromatic nitrogens is 1. The van der Waals surface area contributed by atoms with Crippen molar-refractivity contribution in [1.29, 1.82) is 0 Å². The van der Waals surface area contributed by atoms with Crippen molar-refractivity contribution in [1.82, 2.24) is 9.47 Å². The molecule has 0 bridgehead atoms. The van der Waals surface area contributed by atoms with Gasteiger partial charge in [0.1, 0.15) is 0 Å². The summed E-state index contributed by atoms with van der Waals surface area (Å²) in [5.74, 6) is 0.327. The van der Waals surface area contributed by atoms with Gasteiger partial charge >= 0.3 is 0 Å². The second-order valence-electron chi connectivity index (χ2n) is 6.01. The summed E-state index contributed by atoms with van der Waals surface area (Å²) >= 11 is 0. The molecule has 1 aliphatic heterocycles. The second-order valence-corrected chi connectivity index (χ2v) is 6.01. The van der Waals surface area contributed by atoms with E-state index < -0.39 is 0 Å². The zero-order chi connectivity index (χ0) is 15.5. The molecule has 1 atom stereocenters. The highest BCUT2D eigenvalue weighted by Crippen LogP contribution is 2.20. The van der Waals surface area contributed by atoms with Gasteiger partial charge in [-0.3, -0.25) is 4.79 Å². The van der Waals surface area contributed by atoms with Gasteiger partial charge in [0.2, 0.25) is 5.91 Å². The fourth-order valence-corrected chi connectivity index (χ4v) is 3.15. The highest BCUT2D eigenvalue weighted by Gasteiger charge is 2.22. The number of ether oxygens (including phenoxy) is 1. The molecule has 0 unspecified atom stereocenters. The van der Waals surface area contributed by atoms with E-state index in [2.05, 4.69) is 42.1 Å². The summed E-state index contributed by atoms with van der Waals surface area (Å²) < 4.78 is 7.78. The summed E-state index contributed by atoms with van der Waals surface area (Å²) in [6, 6.07) is 8.69. The first kappa shape index (κ1) is 15.1. The summed E-state index contributed by atoms with van der Waals surface area (Å²) in [5, 5.41) is 1.25. The lowest BCUT2D eigenvalue weighted by Crippen LogP contribution is -2.40. The van der Waals surface area contributed by atoms with Crippen LogP contribution in [0.5, 0.6) is 0 Å². The van der Waals surface area contributed by atoms with Crippen LogP contribution in [0.4, 0.5) is 0 Å². The number of aryl methyl sites for hydroxylation is 1. The number of hydrogen-bond donors (Lipinski definition) is 1. The van der Waals surface area contributed by atoms with Crippen molar-refractivity contribution < 1.29 is 9.53 Å². The summed E-state index contributed by atoms with van der Waals surface area (Å²) in [6.07, 6.45) is 2.99. The van der Waals surface area contributed by atoms with Crippen LogP contribution in [0.2, 0.25) is 0 Å². The number of benzene rings is 1. The maximum absolute atomic E-state index is 11.8. The Morgan fingerprint density at radius 2 is 2.27 bits per heavy atom. The molecular formula is C17H23N3O2. The van der Waals surface area contributed by atoms with Gasteiger partial charge in [-0.25, -0.2) is 0 Å². The molecule has 0 saturated carbocycles. The Bertz CT molecular complexity index is 665. The van der Waals surface area contributed by atoms with E-state index in [1.54, 1.807) is 0 Å². The SMILES string of the molecule is Cn1ccc2cc(C[C@H]3COCCN(C(=O)CN)C3)ccc21. The summed E-state index contributed by atoms with van der Waals surface area (Å²) in [6.45, 7) is 2.73. The predicted molar refractivity (Wildman–Crippen MR) is 86.6 cm³/mol. The van der Waals surface area contributed by atoms with Crippen molar-refractivity contribution in [2.24, 2.45) is 18.7 Å². The van der Waals surface area contributed by atoms with E-state index in [0.29, 0.717) is 25.7 Å². The molecule has 1 aliphatic rings. The van der Waals surface area contributed by atoms with E-state index in [1.807, 2.05) is 4.90 Å². The van der Waals surface area contributed by atoms with Gasteiger partial charge in [0, 0.05) is 37.8 Å². The van der Waals surface area contributed by atoms with Crippen molar-refractivity contribution in [3.63, 3.8) is 0 Å². The van der Waals surface area contributed by atoms with E-state index in [1.165, 1.54) is 16.5 Å². The molecule has 1 aromatic heterocycles. The smallest absolute Gasteiger partial charge is 0.236 e. The van der Waals surface area contributed by atoms with E-state index in [9.17, 15) is 4.79 Å². The number of nitrogens with zero attached hydrogens (tertiary/aromatic N) is 2. The molecule has 2 aromatic rings. The quantitative estimate of drug-likeness (QED) is 0.925. The number of amides is 1. The van der Waals surface area contributed by atoms with Crippen molar-refractivity contribution in [3.8, 4) is 0 Å². The van der Waals surface area contributed by atoms with Gasteiger partial charge in [-0.05, 0) is 35.6 Å². The van der Waals surface area contributed by atoms with Crippen LogP contribution in [-0.4, -0.2) is 48.2 Å². The number of carbonyl (C=O) groups is 1. The molecule has 2 N–H and O–H groups in total. The molecule has 118 valence electrons. The largest absolute Gasteiger partial charge is 0.379 e. The predicted octanol–water partition coefficient (Wildman–Crippen LogP) is 1.15. The number of nitrogens with two attached hydrogens (primary N) is 1. The van der Waals surface area contributed by atoms with Crippen molar-refractivity contribution in [2.45, 2.75) is 6.42 Å². The molecule has 1 fully saturated rings. The molecule has 5 nitrogen and oxygen atoms in total. The van der Waals surface area contributed by atoms with Crippen LogP contribution >= 0.6 is 0 Å². The summed E-state index contributed by atoms with van der Waals surface area (Å²) in [7, 11) is 2.05. The highest BCUT2D eigenvalue weighted by atomic mass is 16.5. The van der Waals surface area contributed by atoms with Gasteiger partial charge in [0.05, 0.1) is 19.8 Å². The van der Waals surface area contributed by atoms with E-state index in [0.717, 1.165) is 13.0 Å². The molecule has 3 rings (SSSR count). The Kier molecular flexibility index (Phi) is 4.45. The van der Waals surface area contributed by atoms with Crippen molar-refractivity contribution >= 4 is 16.8 Å². The van der Waals surface area contributed by atoms with Crippen LogP contribution in [0.1, 0.15) is 5.56 Å². The number of rotatable bonds is 3. The fraction of sp³-hybridized carbons (Fsp3) is 0.471. The van der Waals surface area contributed by atoms with Gasteiger partial charge in [0.15, 0.2) is 0 Å². The highest BCUT2D eigenvalue weighted by molar-refractivity contribution is 5.80. The zero-order valence-corrected chi connectivity index (χ0v) is 13.0. The lowest BCUT2D eigenvalue weighted by molar-refractivity contribution is -0.130. The molecule has 22 heavy (non-hydrogen) atoms. The number of carbonyl (C=O) groups excluding carboxylic acids is 1. The maximum atomic E-state index is 11.8. The van der Waals surface area contributed by atoms with Crippen LogP contribution in [0.3, 0.4) is 0 Å². The van der Waals surface area contributed by atoms with Crippen molar-refractivity contribution in [2.75, 3.05) is 32.8 Å². The van der Waals surface area contributed by atoms with Crippen molar-refractivity contribution in [3.05, 3.63) is 36.0 Å². The first-order valence-corrected chi connectivity index (χ1v) is 7.77. The minimum Gasteiger partial charge on any atom is -0.379 e. The molecule has 0 spiro atoms. The normalized spacial score (nSPS) is 19.4. The van der Waals surface area contributed by atoms with Crippen LogP contribution in [-0.2, 0) is 23.0 Å². The lowest BCUT2D eigenvalue weighted by Gasteiger charge is -2.23. The zero-order valence-electron chi connectivity index (χ0n) is 13.0. The Morgan fingerprint density at radius 3 is 3.09 bits per heavy atom. The van der Waals surface area contributed by atoms with E-state index >= 15 is 0 Å². The minimum absolute atomic E-state index is 0.00834. The van der Waals surface area contributed by atoms with Gasteiger partial charge in [0.25, 0.3) is 0 Å². The Balaban J connectivity index is 1.73. The van der Waals surface area contributed by atoms with Gasteiger partial charge in [-0.15, -0.1) is 0 Å². The maximum Gasteiger partial charge on any atom is 0.236 e. The van der Waals surface area contributed by atoms with Gasteiger partial charge < -0.3 is 19.9 Å². The number of hydrogen-bond acceptors (Lipinski definition) is 3. The lowest BCUT2D eigenvalue weighted by atomic mass is 9.98. The first-order valence-electron chi connectivity index (χ1n) is 7.77. The third kappa shape index (κ3) is 3.15. The standard InChI is InChI=1S/C17H23N3O2/c1-19-5-4-15-9-13(2-3-16(15)19)8-14-11-20(17(21)10-18)6-7-22-12-14/h2-5,9,14H,6-8,10-12,18H2,1H3/t14-/m1/s1. The molecule has 1 saturated heterocycles. The molecule has 1 aromatic carbocycles. The van der Waals surface area contributed by atoms with Gasteiger partial charge in [-0.2, -0.15) is 0 Å². The third-order valence-corrected chi connectivity index (χ3v) is 4.34. The van der Waals surface area contributed by atoms with E-state index in [4.69, 9.17) is 10.5 Å². The van der Waals surface area contributed by atoms with Crippen LogP contribution < -0.4 is 5.73 Å². The average Bonchev–Trinajstić information content (AvgIpc) is 2.74. The topological polar surface area (TPSA) is 60.5 Å².